The molecule has 0 aliphatic carbocycles. The summed E-state index contributed by atoms with van der Waals surface area (Å²) < 4.78 is 31.5. The molecule has 1 rings (SSSR count). The van der Waals surface area contributed by atoms with Crippen molar-refractivity contribution >= 4 is 21.7 Å². The van der Waals surface area contributed by atoms with Crippen molar-refractivity contribution in [3.63, 3.8) is 0 Å². The second-order valence-corrected chi connectivity index (χ2v) is 5.97. The summed E-state index contributed by atoms with van der Waals surface area (Å²) in [6.45, 7) is 2.15. The lowest BCUT2D eigenvalue weighted by Gasteiger charge is -2.14. The Balaban J connectivity index is 2.72. The fourth-order valence-corrected chi connectivity index (χ4v) is 2.71. The van der Waals surface area contributed by atoms with Crippen LogP contribution < -0.4 is 15.4 Å². The summed E-state index contributed by atoms with van der Waals surface area (Å²) in [6.07, 6.45) is 1.38. The van der Waals surface area contributed by atoms with Gasteiger partial charge in [-0.15, -0.1) is 0 Å². The molecule has 1 unspecified atom stereocenters. The summed E-state index contributed by atoms with van der Waals surface area (Å²) in [5, 5.41) is 5.32. The molecule has 1 amide bonds. The van der Waals surface area contributed by atoms with Crippen molar-refractivity contribution in [1.29, 1.82) is 0 Å². The lowest BCUT2D eigenvalue weighted by atomic mass is 10.3. The summed E-state index contributed by atoms with van der Waals surface area (Å²) in [5.74, 6) is 0.00796. The predicted octanol–water partition coefficient (Wildman–Crippen LogP) is -0.447. The van der Waals surface area contributed by atoms with Crippen LogP contribution in [0.1, 0.15) is 6.92 Å². The average Bonchev–Trinajstić information content (AvgIpc) is 2.47. The molecule has 0 fully saturated rings. The van der Waals surface area contributed by atoms with Crippen molar-refractivity contribution in [2.75, 3.05) is 32.6 Å². The molecule has 1 atom stereocenters. The number of pyridine rings is 1. The highest BCUT2D eigenvalue weighted by atomic mass is 32.2. The Morgan fingerprint density at radius 3 is 2.81 bits per heavy atom. The van der Waals surface area contributed by atoms with Crippen LogP contribution in [-0.4, -0.2) is 52.7 Å². The van der Waals surface area contributed by atoms with E-state index in [9.17, 15) is 13.2 Å². The molecule has 0 spiro atoms. The van der Waals surface area contributed by atoms with Crippen LogP contribution >= 0.6 is 0 Å². The highest BCUT2D eigenvalue weighted by Crippen LogP contribution is 2.12. The van der Waals surface area contributed by atoms with E-state index in [4.69, 9.17) is 4.74 Å². The molecular formula is C12H20N4O4S. The Kier molecular flexibility index (Phi) is 6.53. The lowest BCUT2D eigenvalue weighted by Crippen LogP contribution is -2.45. The van der Waals surface area contributed by atoms with Gasteiger partial charge in [-0.05, 0) is 13.0 Å². The average molecular weight is 316 g/mol. The SMILES string of the molecule is CNc1cc(S(=O)(=O)NC(C)C(=O)NCCOC)ccn1. The first-order valence-corrected chi connectivity index (χ1v) is 7.82. The minimum Gasteiger partial charge on any atom is -0.383 e. The monoisotopic (exact) mass is 316 g/mol. The fraction of sp³-hybridized carbons (Fsp3) is 0.500. The van der Waals surface area contributed by atoms with E-state index in [1.807, 2.05) is 0 Å². The van der Waals surface area contributed by atoms with Crippen molar-refractivity contribution in [1.82, 2.24) is 15.0 Å². The van der Waals surface area contributed by atoms with E-state index in [0.717, 1.165) is 0 Å². The molecule has 0 radical (unpaired) electrons. The van der Waals surface area contributed by atoms with Crippen LogP contribution in [0.4, 0.5) is 5.82 Å². The summed E-state index contributed by atoms with van der Waals surface area (Å²) in [7, 11) is -0.638. The number of hydrogen-bond donors (Lipinski definition) is 3. The molecule has 0 bridgehead atoms. The molecule has 1 aromatic rings. The third-order valence-corrected chi connectivity index (χ3v) is 4.17. The molecule has 9 heteroatoms. The smallest absolute Gasteiger partial charge is 0.241 e. The van der Waals surface area contributed by atoms with Gasteiger partial charge in [0.25, 0.3) is 0 Å². The number of methoxy groups -OCH3 is 1. The minimum absolute atomic E-state index is 0.0402. The number of sulfonamides is 1. The van der Waals surface area contributed by atoms with Gasteiger partial charge in [-0.1, -0.05) is 0 Å². The maximum absolute atomic E-state index is 12.2. The van der Waals surface area contributed by atoms with E-state index in [-0.39, 0.29) is 4.90 Å². The number of carbonyl (C=O) groups excluding carboxylic acids is 1. The van der Waals surface area contributed by atoms with Crippen LogP contribution in [0.15, 0.2) is 23.2 Å². The zero-order chi connectivity index (χ0) is 15.9. The van der Waals surface area contributed by atoms with Gasteiger partial charge >= 0.3 is 0 Å². The summed E-state index contributed by atoms with van der Waals surface area (Å²) in [4.78, 5) is 15.7. The maximum Gasteiger partial charge on any atom is 0.241 e. The van der Waals surface area contributed by atoms with Crippen LogP contribution in [-0.2, 0) is 19.6 Å². The number of amides is 1. The molecule has 3 N–H and O–H groups in total. The minimum atomic E-state index is -3.79. The Morgan fingerprint density at radius 2 is 2.19 bits per heavy atom. The van der Waals surface area contributed by atoms with Gasteiger partial charge in [0.2, 0.25) is 15.9 Å². The van der Waals surface area contributed by atoms with Gasteiger partial charge in [0.1, 0.15) is 5.82 Å². The van der Waals surface area contributed by atoms with Crippen LogP contribution in [0.5, 0.6) is 0 Å². The Bertz CT molecular complexity index is 576. The van der Waals surface area contributed by atoms with E-state index in [1.54, 1.807) is 7.05 Å². The first-order valence-electron chi connectivity index (χ1n) is 6.33. The standard InChI is InChI=1S/C12H20N4O4S/c1-9(12(17)15-6-7-20-3)16-21(18,19)10-4-5-14-11(8-10)13-2/h4-5,8-9,16H,6-7H2,1-3H3,(H,13,14)(H,15,17). The van der Waals surface area contributed by atoms with E-state index in [0.29, 0.717) is 19.0 Å². The second-order valence-electron chi connectivity index (χ2n) is 4.25. The van der Waals surface area contributed by atoms with Crippen molar-refractivity contribution in [3.05, 3.63) is 18.3 Å². The number of nitrogens with zero attached hydrogens (tertiary/aromatic N) is 1. The molecule has 0 aliphatic rings. The predicted molar refractivity (Wildman–Crippen MR) is 78.5 cm³/mol. The Morgan fingerprint density at radius 1 is 1.48 bits per heavy atom. The molecule has 0 aromatic carbocycles. The molecule has 1 heterocycles. The quantitative estimate of drug-likeness (QED) is 0.561. The number of rotatable bonds is 8. The zero-order valence-corrected chi connectivity index (χ0v) is 13.0. The van der Waals surface area contributed by atoms with E-state index >= 15 is 0 Å². The van der Waals surface area contributed by atoms with Gasteiger partial charge in [-0.3, -0.25) is 4.79 Å². The lowest BCUT2D eigenvalue weighted by molar-refractivity contribution is -0.122. The van der Waals surface area contributed by atoms with Crippen LogP contribution in [0.3, 0.4) is 0 Å². The number of carbonyl (C=O) groups is 1. The molecular weight excluding hydrogens is 296 g/mol. The van der Waals surface area contributed by atoms with Crippen molar-refractivity contribution in [2.24, 2.45) is 0 Å². The topological polar surface area (TPSA) is 109 Å². The van der Waals surface area contributed by atoms with Crippen molar-refractivity contribution in [2.45, 2.75) is 17.9 Å². The van der Waals surface area contributed by atoms with Crippen molar-refractivity contribution < 1.29 is 17.9 Å². The summed E-state index contributed by atoms with van der Waals surface area (Å²) in [6, 6.07) is 1.86. The van der Waals surface area contributed by atoms with Crippen LogP contribution in [0.2, 0.25) is 0 Å². The zero-order valence-electron chi connectivity index (χ0n) is 12.2. The van der Waals surface area contributed by atoms with Crippen LogP contribution in [0.25, 0.3) is 0 Å². The molecule has 21 heavy (non-hydrogen) atoms. The number of nitrogens with one attached hydrogen (secondary N) is 3. The van der Waals surface area contributed by atoms with Gasteiger partial charge in [0.05, 0.1) is 17.5 Å². The highest BCUT2D eigenvalue weighted by molar-refractivity contribution is 7.89. The van der Waals surface area contributed by atoms with E-state index in [2.05, 4.69) is 20.3 Å². The summed E-state index contributed by atoms with van der Waals surface area (Å²) in [5.41, 5.74) is 0. The molecule has 0 aliphatic heterocycles. The Hall–Kier alpha value is -1.71. The van der Waals surface area contributed by atoms with Gasteiger partial charge in [-0.2, -0.15) is 4.72 Å². The second kappa shape index (κ2) is 7.91. The van der Waals surface area contributed by atoms with Crippen LogP contribution in [0, 0.1) is 0 Å². The molecule has 1 aromatic heterocycles. The molecule has 0 saturated heterocycles. The largest absolute Gasteiger partial charge is 0.383 e. The third-order valence-electron chi connectivity index (χ3n) is 2.63. The molecule has 118 valence electrons. The maximum atomic E-state index is 12.2. The molecule has 8 nitrogen and oxygen atoms in total. The number of anilines is 1. The number of ether oxygens (including phenoxy) is 1. The van der Waals surface area contributed by atoms with Gasteiger partial charge in [-0.25, -0.2) is 13.4 Å². The molecule has 0 saturated carbocycles. The third kappa shape index (κ3) is 5.29. The van der Waals surface area contributed by atoms with Gasteiger partial charge in [0.15, 0.2) is 0 Å². The van der Waals surface area contributed by atoms with Crippen molar-refractivity contribution in [3.8, 4) is 0 Å². The first-order chi connectivity index (χ1) is 9.90. The normalized spacial score (nSPS) is 12.7. The van der Waals surface area contributed by atoms with Gasteiger partial charge in [0, 0.05) is 33.0 Å². The van der Waals surface area contributed by atoms with E-state index in [1.165, 1.54) is 32.4 Å². The number of aromatic nitrogens is 1. The van der Waals surface area contributed by atoms with Gasteiger partial charge < -0.3 is 15.4 Å². The van der Waals surface area contributed by atoms with E-state index < -0.39 is 22.0 Å². The Labute approximate surface area is 124 Å². The fourth-order valence-electron chi connectivity index (χ4n) is 1.50. The summed E-state index contributed by atoms with van der Waals surface area (Å²) >= 11 is 0. The number of hydrogen-bond acceptors (Lipinski definition) is 6. The highest BCUT2D eigenvalue weighted by Gasteiger charge is 2.22. The first kappa shape index (κ1) is 17.3.